The third-order valence-electron chi connectivity index (χ3n) is 4.51. The van der Waals surface area contributed by atoms with Gasteiger partial charge in [0.1, 0.15) is 0 Å². The van der Waals surface area contributed by atoms with Crippen LogP contribution in [0.15, 0.2) is 54.0 Å². The average Bonchev–Trinajstić information content (AvgIpc) is 3.28. The summed E-state index contributed by atoms with van der Waals surface area (Å²) in [6, 6.07) is 8.21. The molecule has 2 N–H and O–H groups in total. The van der Waals surface area contributed by atoms with Crippen LogP contribution < -0.4 is 5.56 Å². The molecule has 0 fully saturated rings. The third-order valence-corrected chi connectivity index (χ3v) is 4.51. The molecule has 0 radical (unpaired) electrons. The fourth-order valence-electron chi connectivity index (χ4n) is 3.57. The molecule has 1 aromatic carbocycles. The standard InChI is InChI=1S/C17H13N5O/c23-17-16-19-5-6-22(16)15-13(7-10-8-18-9-20-10)11-3-1-2-4-12(11)14(15)21-17/h1-6,8-9,13H,7H2,(H,18,20)(H,21,23). The summed E-state index contributed by atoms with van der Waals surface area (Å²) < 4.78 is 1.91. The highest BCUT2D eigenvalue weighted by Crippen LogP contribution is 2.44. The minimum Gasteiger partial charge on any atom is -0.348 e. The molecule has 0 bridgehead atoms. The smallest absolute Gasteiger partial charge is 0.292 e. The highest BCUT2D eigenvalue weighted by atomic mass is 16.1. The molecule has 4 aromatic rings. The molecular weight excluding hydrogens is 290 g/mol. The molecule has 112 valence electrons. The van der Waals surface area contributed by atoms with Crippen LogP contribution in [0, 0.1) is 0 Å². The highest BCUT2D eigenvalue weighted by Gasteiger charge is 2.32. The predicted molar refractivity (Wildman–Crippen MR) is 85.4 cm³/mol. The molecule has 1 unspecified atom stereocenters. The largest absolute Gasteiger partial charge is 0.348 e. The predicted octanol–water partition coefficient (Wildman–Crippen LogP) is 2.10. The molecule has 1 aliphatic rings. The maximum Gasteiger partial charge on any atom is 0.292 e. The Morgan fingerprint density at radius 2 is 2.17 bits per heavy atom. The fraction of sp³-hybridized carbons (Fsp3) is 0.118. The van der Waals surface area contributed by atoms with Crippen molar-refractivity contribution in [1.29, 1.82) is 0 Å². The van der Waals surface area contributed by atoms with Crippen molar-refractivity contribution in [3.63, 3.8) is 0 Å². The molecule has 3 aromatic heterocycles. The number of rotatable bonds is 2. The van der Waals surface area contributed by atoms with Crippen molar-refractivity contribution in [1.82, 2.24) is 24.3 Å². The summed E-state index contributed by atoms with van der Waals surface area (Å²) in [5.74, 6) is 0.148. The van der Waals surface area contributed by atoms with E-state index in [4.69, 9.17) is 0 Å². The molecule has 23 heavy (non-hydrogen) atoms. The number of hydrogen-bond donors (Lipinski definition) is 2. The Labute approximate surface area is 130 Å². The van der Waals surface area contributed by atoms with Crippen molar-refractivity contribution >= 4 is 5.65 Å². The van der Waals surface area contributed by atoms with Gasteiger partial charge in [-0.05, 0) is 5.56 Å². The van der Waals surface area contributed by atoms with Crippen LogP contribution in [0.4, 0.5) is 0 Å². The maximum absolute atomic E-state index is 12.3. The van der Waals surface area contributed by atoms with E-state index in [1.54, 1.807) is 12.5 Å². The number of aromatic amines is 2. The molecule has 0 amide bonds. The number of aromatic nitrogens is 5. The number of nitrogens with one attached hydrogen (secondary N) is 2. The van der Waals surface area contributed by atoms with Crippen molar-refractivity contribution in [3.8, 4) is 11.3 Å². The number of hydrogen-bond acceptors (Lipinski definition) is 3. The lowest BCUT2D eigenvalue weighted by atomic mass is 9.95. The highest BCUT2D eigenvalue weighted by molar-refractivity contribution is 5.75. The number of benzene rings is 1. The number of fused-ring (bicyclic) bond motifs is 5. The number of imidazole rings is 2. The summed E-state index contributed by atoms with van der Waals surface area (Å²) in [6.07, 6.45) is 7.86. The molecule has 1 atom stereocenters. The number of H-pyrrole nitrogens is 2. The van der Waals surface area contributed by atoms with Gasteiger partial charge in [-0.15, -0.1) is 0 Å². The zero-order chi connectivity index (χ0) is 15.4. The molecular formula is C17H13N5O. The number of nitrogens with zero attached hydrogens (tertiary/aromatic N) is 3. The van der Waals surface area contributed by atoms with Crippen molar-refractivity contribution in [2.45, 2.75) is 12.3 Å². The summed E-state index contributed by atoms with van der Waals surface area (Å²) in [4.78, 5) is 26.8. The van der Waals surface area contributed by atoms with Crippen LogP contribution in [0.5, 0.6) is 0 Å². The lowest BCUT2D eigenvalue weighted by Gasteiger charge is -2.13. The molecule has 5 rings (SSSR count). The van der Waals surface area contributed by atoms with Crippen LogP contribution in [0.3, 0.4) is 0 Å². The van der Waals surface area contributed by atoms with Gasteiger partial charge in [-0.2, -0.15) is 0 Å². The Hall–Kier alpha value is -3.15. The second-order valence-corrected chi connectivity index (χ2v) is 5.76. The first-order valence-corrected chi connectivity index (χ1v) is 7.48. The topological polar surface area (TPSA) is 78.8 Å². The van der Waals surface area contributed by atoms with Gasteiger partial charge in [0.2, 0.25) is 5.65 Å². The van der Waals surface area contributed by atoms with E-state index < -0.39 is 0 Å². The van der Waals surface area contributed by atoms with Crippen LogP contribution >= 0.6 is 0 Å². The van der Waals surface area contributed by atoms with Gasteiger partial charge in [0.15, 0.2) is 0 Å². The monoisotopic (exact) mass is 303 g/mol. The van der Waals surface area contributed by atoms with E-state index in [9.17, 15) is 4.79 Å². The van der Waals surface area contributed by atoms with Gasteiger partial charge in [0.25, 0.3) is 5.56 Å². The van der Waals surface area contributed by atoms with E-state index in [1.165, 1.54) is 5.56 Å². The second kappa shape index (κ2) is 4.42. The van der Waals surface area contributed by atoms with Crippen LogP contribution in [-0.2, 0) is 6.42 Å². The van der Waals surface area contributed by atoms with Crippen LogP contribution in [-0.4, -0.2) is 24.3 Å². The van der Waals surface area contributed by atoms with Crippen LogP contribution in [0.2, 0.25) is 0 Å². The molecule has 0 aliphatic heterocycles. The van der Waals surface area contributed by atoms with E-state index in [0.29, 0.717) is 5.65 Å². The Balaban J connectivity index is 1.83. The Bertz CT molecular complexity index is 1070. The molecule has 3 heterocycles. The molecule has 6 heteroatoms. The van der Waals surface area contributed by atoms with Gasteiger partial charge in [-0.25, -0.2) is 9.97 Å². The van der Waals surface area contributed by atoms with Crippen molar-refractivity contribution in [2.75, 3.05) is 0 Å². The van der Waals surface area contributed by atoms with Gasteiger partial charge >= 0.3 is 0 Å². The van der Waals surface area contributed by atoms with Crippen molar-refractivity contribution < 1.29 is 0 Å². The molecule has 6 nitrogen and oxygen atoms in total. The summed E-state index contributed by atoms with van der Waals surface area (Å²) in [7, 11) is 0. The molecule has 0 spiro atoms. The first kappa shape index (κ1) is 12.4. The summed E-state index contributed by atoms with van der Waals surface area (Å²) in [5, 5.41) is 0. The van der Waals surface area contributed by atoms with Crippen molar-refractivity contribution in [3.05, 3.63) is 76.5 Å². The second-order valence-electron chi connectivity index (χ2n) is 5.76. The van der Waals surface area contributed by atoms with E-state index in [1.807, 2.05) is 28.9 Å². The lowest BCUT2D eigenvalue weighted by Crippen LogP contribution is -2.15. The quantitative estimate of drug-likeness (QED) is 0.595. The van der Waals surface area contributed by atoms with Crippen LogP contribution in [0.25, 0.3) is 16.9 Å². The summed E-state index contributed by atoms with van der Waals surface area (Å²) >= 11 is 0. The molecule has 0 saturated carbocycles. The Morgan fingerprint density at radius 3 is 3.04 bits per heavy atom. The van der Waals surface area contributed by atoms with E-state index >= 15 is 0 Å². The van der Waals surface area contributed by atoms with Gasteiger partial charge in [-0.1, -0.05) is 24.3 Å². The first-order valence-electron chi connectivity index (χ1n) is 7.48. The molecule has 1 aliphatic carbocycles. The van der Waals surface area contributed by atoms with Gasteiger partial charge in [0.05, 0.1) is 17.7 Å². The lowest BCUT2D eigenvalue weighted by molar-refractivity contribution is 0.762. The Morgan fingerprint density at radius 1 is 1.26 bits per heavy atom. The minimum absolute atomic E-state index is 0.148. The molecule has 0 saturated heterocycles. The normalized spacial score (nSPS) is 15.7. The Kier molecular flexibility index (Phi) is 2.38. The van der Waals surface area contributed by atoms with Crippen LogP contribution in [0.1, 0.15) is 22.9 Å². The maximum atomic E-state index is 12.3. The van der Waals surface area contributed by atoms with Gasteiger partial charge in [0, 0.05) is 42.2 Å². The van der Waals surface area contributed by atoms with Gasteiger partial charge in [-0.3, -0.25) is 9.20 Å². The van der Waals surface area contributed by atoms with E-state index in [2.05, 4.69) is 32.1 Å². The summed E-state index contributed by atoms with van der Waals surface area (Å²) in [6.45, 7) is 0. The van der Waals surface area contributed by atoms with Gasteiger partial charge < -0.3 is 9.97 Å². The average molecular weight is 303 g/mol. The third kappa shape index (κ3) is 1.66. The fourth-order valence-corrected chi connectivity index (χ4v) is 3.57. The zero-order valence-electron chi connectivity index (χ0n) is 12.2. The van der Waals surface area contributed by atoms with E-state index in [-0.39, 0.29) is 11.5 Å². The van der Waals surface area contributed by atoms with E-state index in [0.717, 1.165) is 29.1 Å². The minimum atomic E-state index is -0.161. The van der Waals surface area contributed by atoms with Crippen molar-refractivity contribution in [2.24, 2.45) is 0 Å². The first-order chi connectivity index (χ1) is 11.3. The zero-order valence-corrected chi connectivity index (χ0v) is 12.2. The summed E-state index contributed by atoms with van der Waals surface area (Å²) in [5.41, 5.74) is 5.61. The SMILES string of the molecule is O=c1[nH]c2c(n3ccnc13)C(Cc1cnc[nH]1)c1ccccc1-2.